The van der Waals surface area contributed by atoms with Crippen LogP contribution in [0.15, 0.2) is 30.5 Å². The average Bonchev–Trinajstić information content (AvgIpc) is 2.84. The first-order valence-corrected chi connectivity index (χ1v) is 5.89. The summed E-state index contributed by atoms with van der Waals surface area (Å²) in [5.74, 6) is 4.33. The molecule has 1 amide bonds. The van der Waals surface area contributed by atoms with Crippen LogP contribution in [0.2, 0.25) is 0 Å². The van der Waals surface area contributed by atoms with Crippen molar-refractivity contribution in [1.82, 2.24) is 9.78 Å². The molecule has 0 aliphatic carbocycles. The number of nitrogens with one attached hydrogen (secondary N) is 1. The van der Waals surface area contributed by atoms with Crippen LogP contribution in [0.5, 0.6) is 0 Å². The number of carbonyl (C=O) groups excluding carboxylic acids is 1. The van der Waals surface area contributed by atoms with Gasteiger partial charge in [0.05, 0.1) is 12.1 Å². The number of aryl methyl sites for hydroxylation is 1. The van der Waals surface area contributed by atoms with Gasteiger partial charge in [-0.25, -0.2) is 4.39 Å². The number of halogens is 1. The van der Waals surface area contributed by atoms with E-state index in [1.165, 1.54) is 23.0 Å². The molecule has 20 heavy (non-hydrogen) atoms. The summed E-state index contributed by atoms with van der Waals surface area (Å²) < 4.78 is 15.2. The molecule has 3 N–H and O–H groups in total. The molecule has 0 fully saturated rings. The first-order chi connectivity index (χ1) is 9.61. The van der Waals surface area contributed by atoms with E-state index in [0.29, 0.717) is 11.4 Å². The highest BCUT2D eigenvalue weighted by atomic mass is 19.1. The second kappa shape index (κ2) is 5.99. The zero-order chi connectivity index (χ0) is 14.5. The molecule has 0 saturated heterocycles. The van der Waals surface area contributed by atoms with E-state index >= 15 is 0 Å². The summed E-state index contributed by atoms with van der Waals surface area (Å²) >= 11 is 0. The van der Waals surface area contributed by atoms with Crippen LogP contribution in [0.4, 0.5) is 10.1 Å². The molecule has 0 aliphatic heterocycles. The fourth-order valence-corrected chi connectivity index (χ4v) is 1.63. The highest BCUT2D eigenvalue weighted by molar-refractivity contribution is 6.03. The zero-order valence-electron chi connectivity index (χ0n) is 10.9. The first-order valence-electron chi connectivity index (χ1n) is 5.89. The second-order valence-electron chi connectivity index (χ2n) is 3.99. The van der Waals surface area contributed by atoms with Crippen LogP contribution in [0, 0.1) is 17.7 Å². The smallest absolute Gasteiger partial charge is 0.273 e. The third-order valence-electron chi connectivity index (χ3n) is 2.61. The van der Waals surface area contributed by atoms with Crippen LogP contribution in [-0.2, 0) is 7.05 Å². The largest absolute Gasteiger partial charge is 0.321 e. The SMILES string of the molecule is Cn1nccc1C(=O)Nc1ccc(C#CCN)c(F)c1. The summed E-state index contributed by atoms with van der Waals surface area (Å²) in [4.78, 5) is 11.9. The van der Waals surface area contributed by atoms with Gasteiger partial charge in [0.15, 0.2) is 0 Å². The van der Waals surface area contributed by atoms with Gasteiger partial charge < -0.3 is 11.1 Å². The number of aromatic nitrogens is 2. The summed E-state index contributed by atoms with van der Waals surface area (Å²) in [6.45, 7) is 0.165. The third kappa shape index (κ3) is 3.02. The number of hydrogen-bond acceptors (Lipinski definition) is 3. The normalized spacial score (nSPS) is 9.75. The number of nitrogens with two attached hydrogens (primary N) is 1. The van der Waals surface area contributed by atoms with E-state index in [1.807, 2.05) is 0 Å². The Labute approximate surface area is 115 Å². The minimum Gasteiger partial charge on any atom is -0.321 e. The van der Waals surface area contributed by atoms with E-state index in [0.717, 1.165) is 0 Å². The van der Waals surface area contributed by atoms with E-state index in [2.05, 4.69) is 22.3 Å². The molecule has 1 aromatic carbocycles. The van der Waals surface area contributed by atoms with Gasteiger partial charge in [-0.3, -0.25) is 9.48 Å². The van der Waals surface area contributed by atoms with E-state index in [9.17, 15) is 9.18 Å². The predicted octanol–water partition coefficient (Wildman–Crippen LogP) is 1.12. The van der Waals surface area contributed by atoms with Crippen LogP contribution in [0.3, 0.4) is 0 Å². The van der Waals surface area contributed by atoms with Gasteiger partial charge in [0.2, 0.25) is 0 Å². The predicted molar refractivity (Wildman–Crippen MR) is 73.5 cm³/mol. The fraction of sp³-hybridized carbons (Fsp3) is 0.143. The van der Waals surface area contributed by atoms with E-state index in [1.54, 1.807) is 19.2 Å². The standard InChI is InChI=1S/C14H13FN4O/c1-19-13(6-8-17-19)14(20)18-11-5-4-10(3-2-7-16)12(15)9-11/h4-6,8-9H,7,16H2,1H3,(H,18,20). The van der Waals surface area contributed by atoms with Crippen molar-refractivity contribution in [3.63, 3.8) is 0 Å². The Kier molecular flexibility index (Phi) is 4.13. The number of hydrogen-bond donors (Lipinski definition) is 2. The maximum atomic E-state index is 13.7. The highest BCUT2D eigenvalue weighted by Crippen LogP contribution is 2.14. The number of nitrogens with zero attached hydrogens (tertiary/aromatic N) is 2. The van der Waals surface area contributed by atoms with Crippen molar-refractivity contribution in [1.29, 1.82) is 0 Å². The van der Waals surface area contributed by atoms with Crippen molar-refractivity contribution < 1.29 is 9.18 Å². The molecule has 0 bridgehead atoms. The molecule has 0 saturated carbocycles. The molecule has 1 aromatic heterocycles. The lowest BCUT2D eigenvalue weighted by Gasteiger charge is -2.06. The molecule has 0 spiro atoms. The Morgan fingerprint density at radius 1 is 1.50 bits per heavy atom. The molecule has 6 heteroatoms. The molecular weight excluding hydrogens is 259 g/mol. The summed E-state index contributed by atoms with van der Waals surface area (Å²) in [7, 11) is 1.65. The number of benzene rings is 1. The first kappa shape index (κ1) is 13.8. The van der Waals surface area contributed by atoms with Gasteiger partial charge in [-0.2, -0.15) is 5.10 Å². The molecule has 2 aromatic rings. The lowest BCUT2D eigenvalue weighted by Crippen LogP contribution is -2.16. The van der Waals surface area contributed by atoms with Crippen LogP contribution < -0.4 is 11.1 Å². The zero-order valence-corrected chi connectivity index (χ0v) is 10.9. The summed E-state index contributed by atoms with van der Waals surface area (Å²) in [6.07, 6.45) is 1.51. The van der Waals surface area contributed by atoms with Crippen LogP contribution in [-0.4, -0.2) is 22.2 Å². The van der Waals surface area contributed by atoms with Gasteiger partial charge in [0, 0.05) is 18.9 Å². The summed E-state index contributed by atoms with van der Waals surface area (Å²) in [5.41, 5.74) is 6.21. The van der Waals surface area contributed by atoms with Crippen molar-refractivity contribution in [2.75, 3.05) is 11.9 Å². The topological polar surface area (TPSA) is 72.9 Å². The Bertz CT molecular complexity index is 697. The molecule has 0 radical (unpaired) electrons. The van der Waals surface area contributed by atoms with Gasteiger partial charge in [0.1, 0.15) is 11.5 Å². The monoisotopic (exact) mass is 272 g/mol. The molecule has 2 rings (SSSR count). The summed E-state index contributed by atoms with van der Waals surface area (Å²) in [6, 6.07) is 5.87. The molecule has 102 valence electrons. The van der Waals surface area contributed by atoms with Crippen molar-refractivity contribution in [3.05, 3.63) is 47.5 Å². The molecule has 1 heterocycles. The Balaban J connectivity index is 2.17. The lowest BCUT2D eigenvalue weighted by atomic mass is 10.2. The molecule has 0 unspecified atom stereocenters. The second-order valence-corrected chi connectivity index (χ2v) is 3.99. The molecule has 0 aliphatic rings. The van der Waals surface area contributed by atoms with E-state index < -0.39 is 5.82 Å². The van der Waals surface area contributed by atoms with Gasteiger partial charge in [0.25, 0.3) is 5.91 Å². The van der Waals surface area contributed by atoms with Gasteiger partial charge in [-0.05, 0) is 24.3 Å². The maximum Gasteiger partial charge on any atom is 0.273 e. The van der Waals surface area contributed by atoms with Crippen LogP contribution in [0.1, 0.15) is 16.1 Å². The van der Waals surface area contributed by atoms with Gasteiger partial charge in [-0.1, -0.05) is 11.8 Å². The number of amides is 1. The van der Waals surface area contributed by atoms with Crippen molar-refractivity contribution in [2.45, 2.75) is 0 Å². The molecule has 0 atom stereocenters. The van der Waals surface area contributed by atoms with Crippen molar-refractivity contribution >= 4 is 11.6 Å². The Morgan fingerprint density at radius 2 is 2.30 bits per heavy atom. The number of anilines is 1. The lowest BCUT2D eigenvalue weighted by molar-refractivity contribution is 0.101. The minimum atomic E-state index is -0.506. The fourth-order valence-electron chi connectivity index (χ4n) is 1.63. The third-order valence-corrected chi connectivity index (χ3v) is 2.61. The van der Waals surface area contributed by atoms with Gasteiger partial charge in [-0.15, -0.1) is 0 Å². The quantitative estimate of drug-likeness (QED) is 0.805. The molecular formula is C14H13FN4O. The highest BCUT2D eigenvalue weighted by Gasteiger charge is 2.11. The average molecular weight is 272 g/mol. The van der Waals surface area contributed by atoms with Crippen molar-refractivity contribution in [3.8, 4) is 11.8 Å². The number of carbonyl (C=O) groups is 1. The van der Waals surface area contributed by atoms with Crippen LogP contribution in [0.25, 0.3) is 0 Å². The summed E-state index contributed by atoms with van der Waals surface area (Å²) in [5, 5.41) is 6.49. The Morgan fingerprint density at radius 3 is 2.90 bits per heavy atom. The number of rotatable bonds is 2. The van der Waals surface area contributed by atoms with Gasteiger partial charge >= 0.3 is 0 Å². The Hall–Kier alpha value is -2.65. The van der Waals surface area contributed by atoms with E-state index in [-0.39, 0.29) is 18.0 Å². The maximum absolute atomic E-state index is 13.7. The minimum absolute atomic E-state index is 0.165. The van der Waals surface area contributed by atoms with E-state index in [4.69, 9.17) is 5.73 Å². The van der Waals surface area contributed by atoms with Crippen molar-refractivity contribution in [2.24, 2.45) is 12.8 Å². The molecule has 5 nitrogen and oxygen atoms in total. The van der Waals surface area contributed by atoms with Crippen LogP contribution >= 0.6 is 0 Å².